The monoisotopic (exact) mass is 186 g/mol. The van der Waals surface area contributed by atoms with Crippen LogP contribution in [0.15, 0.2) is 23.4 Å². The molecule has 0 bridgehead atoms. The van der Waals surface area contributed by atoms with E-state index in [-0.39, 0.29) is 11.4 Å². The fraction of sp³-hybridized carbons (Fsp3) is 0.286. The molecule has 5 heteroatoms. The van der Waals surface area contributed by atoms with E-state index in [1.807, 2.05) is 0 Å². The van der Waals surface area contributed by atoms with Crippen molar-refractivity contribution in [1.82, 2.24) is 4.98 Å². The number of pyridine rings is 1. The van der Waals surface area contributed by atoms with Crippen LogP contribution in [0.25, 0.3) is 0 Å². The summed E-state index contributed by atoms with van der Waals surface area (Å²) in [5.41, 5.74) is 5.90. The first-order chi connectivity index (χ1) is 5.55. The Hall–Kier alpha value is -0.940. The predicted octanol–water partition coefficient (Wildman–Crippen LogP) is -0.0562. The molecular formula is C7H10N2O2S. The van der Waals surface area contributed by atoms with Gasteiger partial charge in [-0.05, 0) is 6.07 Å². The fourth-order valence-corrected chi connectivity index (χ4v) is 1.85. The fourth-order valence-electron chi connectivity index (χ4n) is 0.929. The minimum Gasteiger partial charge on any atom is -0.326 e. The van der Waals surface area contributed by atoms with Crippen molar-refractivity contribution < 1.29 is 8.42 Å². The Kier molecular flexibility index (Phi) is 2.44. The lowest BCUT2D eigenvalue weighted by atomic mass is 10.3. The van der Waals surface area contributed by atoms with Crippen LogP contribution < -0.4 is 5.73 Å². The summed E-state index contributed by atoms with van der Waals surface area (Å²) in [4.78, 5) is 4.05. The molecule has 0 saturated heterocycles. The molecule has 0 aliphatic carbocycles. The van der Waals surface area contributed by atoms with E-state index in [0.29, 0.717) is 5.56 Å². The molecule has 0 saturated carbocycles. The minimum absolute atomic E-state index is 0.191. The van der Waals surface area contributed by atoms with Gasteiger partial charge in [0, 0.05) is 30.8 Å². The molecule has 0 radical (unpaired) electrons. The van der Waals surface area contributed by atoms with E-state index in [9.17, 15) is 8.42 Å². The lowest BCUT2D eigenvalue weighted by Gasteiger charge is -2.02. The van der Waals surface area contributed by atoms with Gasteiger partial charge in [0.2, 0.25) is 0 Å². The first-order valence-electron chi connectivity index (χ1n) is 3.38. The number of nitrogens with two attached hydrogens (primary N) is 1. The maximum absolute atomic E-state index is 11.1. The van der Waals surface area contributed by atoms with E-state index < -0.39 is 9.84 Å². The standard InChI is InChI=1S/C7H10N2O2S/c1-12(10,11)7-2-3-9-5-6(7)4-8/h2-3,5H,4,8H2,1H3. The van der Waals surface area contributed by atoms with Crippen molar-refractivity contribution in [2.75, 3.05) is 6.26 Å². The maximum Gasteiger partial charge on any atom is 0.175 e. The van der Waals surface area contributed by atoms with E-state index in [1.165, 1.54) is 18.5 Å². The molecule has 0 aliphatic rings. The van der Waals surface area contributed by atoms with Gasteiger partial charge in [-0.2, -0.15) is 0 Å². The van der Waals surface area contributed by atoms with Crippen LogP contribution in [-0.2, 0) is 16.4 Å². The summed E-state index contributed by atoms with van der Waals surface area (Å²) in [6, 6.07) is 1.46. The van der Waals surface area contributed by atoms with Gasteiger partial charge in [-0.1, -0.05) is 0 Å². The molecule has 1 heterocycles. The highest BCUT2D eigenvalue weighted by molar-refractivity contribution is 7.90. The Morgan fingerprint density at radius 3 is 2.67 bits per heavy atom. The summed E-state index contributed by atoms with van der Waals surface area (Å²) < 4.78 is 22.3. The van der Waals surface area contributed by atoms with Crippen molar-refractivity contribution in [1.29, 1.82) is 0 Å². The normalized spacial score (nSPS) is 11.5. The zero-order valence-electron chi connectivity index (χ0n) is 6.69. The third-order valence-corrected chi connectivity index (χ3v) is 2.68. The van der Waals surface area contributed by atoms with Crippen molar-refractivity contribution in [3.05, 3.63) is 24.0 Å². The minimum atomic E-state index is -3.17. The molecular weight excluding hydrogens is 176 g/mol. The molecule has 2 N–H and O–H groups in total. The maximum atomic E-state index is 11.1. The summed E-state index contributed by atoms with van der Waals surface area (Å²) in [6.07, 6.45) is 4.06. The number of sulfone groups is 1. The Bertz CT molecular complexity index is 373. The van der Waals surface area contributed by atoms with Crippen LogP contribution in [-0.4, -0.2) is 19.7 Å². The highest BCUT2D eigenvalue weighted by Crippen LogP contribution is 2.12. The molecule has 1 aromatic heterocycles. The molecule has 0 unspecified atom stereocenters. The summed E-state index contributed by atoms with van der Waals surface area (Å²) in [5, 5.41) is 0. The van der Waals surface area contributed by atoms with Crippen LogP contribution in [0.3, 0.4) is 0 Å². The van der Waals surface area contributed by atoms with Crippen LogP contribution in [0, 0.1) is 0 Å². The molecule has 1 rings (SSSR count). The van der Waals surface area contributed by atoms with E-state index in [1.54, 1.807) is 0 Å². The smallest absolute Gasteiger partial charge is 0.175 e. The zero-order chi connectivity index (χ0) is 9.19. The van der Waals surface area contributed by atoms with Crippen molar-refractivity contribution >= 4 is 9.84 Å². The van der Waals surface area contributed by atoms with Crippen molar-refractivity contribution in [3.8, 4) is 0 Å². The Morgan fingerprint density at radius 1 is 1.58 bits per heavy atom. The van der Waals surface area contributed by atoms with E-state index in [4.69, 9.17) is 5.73 Å². The quantitative estimate of drug-likeness (QED) is 0.702. The topological polar surface area (TPSA) is 73.0 Å². The zero-order valence-corrected chi connectivity index (χ0v) is 7.50. The SMILES string of the molecule is CS(=O)(=O)c1ccncc1CN. The Labute approximate surface area is 71.3 Å². The van der Waals surface area contributed by atoms with Crippen LogP contribution >= 0.6 is 0 Å². The largest absolute Gasteiger partial charge is 0.326 e. The van der Waals surface area contributed by atoms with Crippen LogP contribution in [0.2, 0.25) is 0 Å². The lowest BCUT2D eigenvalue weighted by molar-refractivity contribution is 0.600. The average molecular weight is 186 g/mol. The summed E-state index contributed by atoms with van der Waals surface area (Å²) in [5.74, 6) is 0. The molecule has 66 valence electrons. The number of hydrogen-bond donors (Lipinski definition) is 1. The molecule has 0 spiro atoms. The van der Waals surface area contributed by atoms with E-state index in [2.05, 4.69) is 4.98 Å². The summed E-state index contributed by atoms with van der Waals surface area (Å²) >= 11 is 0. The van der Waals surface area contributed by atoms with Gasteiger partial charge < -0.3 is 5.73 Å². The second-order valence-electron chi connectivity index (χ2n) is 2.46. The van der Waals surface area contributed by atoms with Gasteiger partial charge in [0.15, 0.2) is 9.84 Å². The molecule has 1 aromatic rings. The molecule has 0 aromatic carbocycles. The number of nitrogens with zero attached hydrogens (tertiary/aromatic N) is 1. The van der Waals surface area contributed by atoms with Gasteiger partial charge >= 0.3 is 0 Å². The Morgan fingerprint density at radius 2 is 2.25 bits per heavy atom. The van der Waals surface area contributed by atoms with Gasteiger partial charge in [-0.15, -0.1) is 0 Å². The van der Waals surface area contributed by atoms with Gasteiger partial charge in [0.05, 0.1) is 4.90 Å². The first kappa shape index (κ1) is 9.15. The summed E-state index contributed by atoms with van der Waals surface area (Å²) in [6.45, 7) is 0.191. The molecule has 12 heavy (non-hydrogen) atoms. The van der Waals surface area contributed by atoms with Crippen LogP contribution in [0.1, 0.15) is 5.56 Å². The van der Waals surface area contributed by atoms with E-state index in [0.717, 1.165) is 6.26 Å². The second-order valence-corrected chi connectivity index (χ2v) is 4.44. The molecule has 0 aliphatic heterocycles. The highest BCUT2D eigenvalue weighted by atomic mass is 32.2. The number of hydrogen-bond acceptors (Lipinski definition) is 4. The molecule has 0 fully saturated rings. The Balaban J connectivity index is 3.33. The number of aromatic nitrogens is 1. The summed E-state index contributed by atoms with van der Waals surface area (Å²) in [7, 11) is -3.17. The van der Waals surface area contributed by atoms with Crippen molar-refractivity contribution in [2.45, 2.75) is 11.4 Å². The molecule has 4 nitrogen and oxygen atoms in total. The number of rotatable bonds is 2. The molecule has 0 amide bonds. The van der Waals surface area contributed by atoms with Gasteiger partial charge in [-0.3, -0.25) is 4.98 Å². The van der Waals surface area contributed by atoms with E-state index >= 15 is 0 Å². The second kappa shape index (κ2) is 3.20. The lowest BCUT2D eigenvalue weighted by Crippen LogP contribution is -2.06. The van der Waals surface area contributed by atoms with Gasteiger partial charge in [0.1, 0.15) is 0 Å². The van der Waals surface area contributed by atoms with Crippen molar-refractivity contribution in [2.24, 2.45) is 5.73 Å². The highest BCUT2D eigenvalue weighted by Gasteiger charge is 2.10. The van der Waals surface area contributed by atoms with Crippen LogP contribution in [0.4, 0.5) is 0 Å². The van der Waals surface area contributed by atoms with Crippen LogP contribution in [0.5, 0.6) is 0 Å². The third kappa shape index (κ3) is 1.80. The third-order valence-electron chi connectivity index (χ3n) is 1.48. The average Bonchev–Trinajstić information content (AvgIpc) is 2.03. The first-order valence-corrected chi connectivity index (χ1v) is 5.28. The predicted molar refractivity (Wildman–Crippen MR) is 45.2 cm³/mol. The van der Waals surface area contributed by atoms with Gasteiger partial charge in [-0.25, -0.2) is 8.42 Å². The van der Waals surface area contributed by atoms with Crippen molar-refractivity contribution in [3.63, 3.8) is 0 Å². The van der Waals surface area contributed by atoms with Gasteiger partial charge in [0.25, 0.3) is 0 Å². The molecule has 0 atom stereocenters.